The maximum atomic E-state index is 12.0. The monoisotopic (exact) mass is 287 g/mol. The first-order chi connectivity index (χ1) is 8.47. The number of hydrogen-bond donors (Lipinski definition) is 1. The van der Waals surface area contributed by atoms with E-state index in [0.717, 1.165) is 6.42 Å². The van der Waals surface area contributed by atoms with Gasteiger partial charge >= 0.3 is 0 Å². The number of hydrogen-bond acceptors (Lipinski definition) is 4. The molecule has 0 atom stereocenters. The molecule has 0 heterocycles. The minimum atomic E-state index is -3.34. The van der Waals surface area contributed by atoms with E-state index in [1.807, 2.05) is 6.92 Å². The maximum Gasteiger partial charge on any atom is 0.180 e. The lowest BCUT2D eigenvalue weighted by atomic mass is 10.2. The van der Waals surface area contributed by atoms with Crippen LogP contribution in [0.4, 0.5) is 0 Å². The van der Waals surface area contributed by atoms with Gasteiger partial charge in [-0.25, -0.2) is 8.42 Å². The Morgan fingerprint density at radius 2 is 2.11 bits per heavy atom. The van der Waals surface area contributed by atoms with Gasteiger partial charge in [0.05, 0.1) is 17.3 Å². The van der Waals surface area contributed by atoms with Crippen molar-refractivity contribution in [3.8, 4) is 0 Å². The van der Waals surface area contributed by atoms with E-state index in [1.165, 1.54) is 12.1 Å². The molecule has 4 nitrogen and oxygen atoms in total. The zero-order chi connectivity index (χ0) is 13.6. The van der Waals surface area contributed by atoms with Crippen molar-refractivity contribution in [1.82, 2.24) is 0 Å². The van der Waals surface area contributed by atoms with Crippen LogP contribution in [0, 0.1) is 0 Å². The van der Waals surface area contributed by atoms with Crippen molar-refractivity contribution in [2.45, 2.75) is 18.2 Å². The van der Waals surface area contributed by atoms with Crippen LogP contribution in [0.25, 0.3) is 0 Å². The van der Waals surface area contributed by atoms with E-state index < -0.39 is 9.84 Å². The minimum absolute atomic E-state index is 0.0339. The van der Waals surface area contributed by atoms with Crippen molar-refractivity contribution in [3.05, 3.63) is 29.8 Å². The molecule has 0 aliphatic heterocycles. The van der Waals surface area contributed by atoms with Crippen LogP contribution < -0.4 is 5.73 Å². The van der Waals surface area contributed by atoms with E-state index in [-0.39, 0.29) is 22.2 Å². The summed E-state index contributed by atoms with van der Waals surface area (Å²) in [6, 6.07) is 6.36. The van der Waals surface area contributed by atoms with Crippen LogP contribution in [0.2, 0.25) is 0 Å². The summed E-state index contributed by atoms with van der Waals surface area (Å²) in [5, 5.41) is 0. The molecule has 1 aromatic rings. The van der Waals surface area contributed by atoms with E-state index in [0.29, 0.717) is 12.2 Å². The fourth-order valence-electron chi connectivity index (χ4n) is 1.38. The second kappa shape index (κ2) is 6.82. The first kappa shape index (κ1) is 15.1. The molecule has 0 saturated heterocycles. The molecule has 0 aromatic heterocycles. The van der Waals surface area contributed by atoms with Crippen molar-refractivity contribution >= 4 is 27.0 Å². The van der Waals surface area contributed by atoms with Crippen LogP contribution >= 0.6 is 12.2 Å². The van der Waals surface area contributed by atoms with Gasteiger partial charge in [-0.05, 0) is 18.6 Å². The summed E-state index contributed by atoms with van der Waals surface area (Å²) in [6.07, 6.45) is 0.872. The molecule has 0 radical (unpaired) electrons. The largest absolute Gasteiger partial charge is 0.389 e. The Morgan fingerprint density at radius 1 is 1.39 bits per heavy atom. The van der Waals surface area contributed by atoms with Gasteiger partial charge in [-0.1, -0.05) is 31.3 Å². The minimum Gasteiger partial charge on any atom is -0.389 e. The third-order valence-corrected chi connectivity index (χ3v) is 4.23. The number of benzene rings is 1. The van der Waals surface area contributed by atoms with Crippen LogP contribution in [-0.2, 0) is 14.6 Å². The van der Waals surface area contributed by atoms with Gasteiger partial charge in [-0.2, -0.15) is 0 Å². The highest BCUT2D eigenvalue weighted by molar-refractivity contribution is 7.91. The molecule has 0 spiro atoms. The van der Waals surface area contributed by atoms with Gasteiger partial charge in [0.1, 0.15) is 4.99 Å². The number of thiocarbonyl (C=S) groups is 1. The molecule has 0 fully saturated rings. The first-order valence-electron chi connectivity index (χ1n) is 5.67. The smallest absolute Gasteiger partial charge is 0.180 e. The van der Waals surface area contributed by atoms with Crippen LogP contribution in [0.3, 0.4) is 0 Å². The molecule has 0 aliphatic carbocycles. The Bertz CT molecular complexity index is 512. The van der Waals surface area contributed by atoms with Crippen LogP contribution in [0.5, 0.6) is 0 Å². The van der Waals surface area contributed by atoms with Gasteiger partial charge in [-0.3, -0.25) is 0 Å². The number of sulfone groups is 1. The molecule has 18 heavy (non-hydrogen) atoms. The molecule has 0 saturated carbocycles. The lowest BCUT2D eigenvalue weighted by Crippen LogP contribution is -2.15. The number of nitrogens with two attached hydrogens (primary N) is 1. The second-order valence-electron chi connectivity index (χ2n) is 3.82. The molecule has 1 aromatic carbocycles. The van der Waals surface area contributed by atoms with Crippen molar-refractivity contribution in [1.29, 1.82) is 0 Å². The van der Waals surface area contributed by atoms with Crippen molar-refractivity contribution < 1.29 is 13.2 Å². The van der Waals surface area contributed by atoms with Gasteiger partial charge in [-0.15, -0.1) is 0 Å². The van der Waals surface area contributed by atoms with Gasteiger partial charge in [0.15, 0.2) is 9.84 Å². The molecule has 1 rings (SSSR count). The van der Waals surface area contributed by atoms with Gasteiger partial charge in [0.2, 0.25) is 0 Å². The third-order valence-electron chi connectivity index (χ3n) is 2.32. The molecule has 6 heteroatoms. The molecule has 0 bridgehead atoms. The van der Waals surface area contributed by atoms with Gasteiger partial charge < -0.3 is 10.5 Å². The molecular formula is C12H17NO3S2. The zero-order valence-electron chi connectivity index (χ0n) is 10.3. The zero-order valence-corrected chi connectivity index (χ0v) is 11.9. The van der Waals surface area contributed by atoms with Crippen LogP contribution in [0.15, 0.2) is 29.2 Å². The topological polar surface area (TPSA) is 69.4 Å². The Morgan fingerprint density at radius 3 is 2.72 bits per heavy atom. The Labute approximate surface area is 113 Å². The van der Waals surface area contributed by atoms with E-state index >= 15 is 0 Å². The summed E-state index contributed by atoms with van der Waals surface area (Å²) in [5.41, 5.74) is 6.03. The summed E-state index contributed by atoms with van der Waals surface area (Å²) in [6.45, 7) is 2.75. The van der Waals surface area contributed by atoms with E-state index in [4.69, 9.17) is 22.7 Å². The fraction of sp³-hybridized carbons (Fsp3) is 0.417. The molecular weight excluding hydrogens is 270 g/mol. The predicted octanol–water partition coefficient (Wildman–Crippen LogP) is 1.52. The van der Waals surface area contributed by atoms with Crippen LogP contribution in [-0.4, -0.2) is 32.4 Å². The Kier molecular flexibility index (Phi) is 5.71. The highest BCUT2D eigenvalue weighted by atomic mass is 32.2. The van der Waals surface area contributed by atoms with Crippen molar-refractivity contribution in [2.24, 2.45) is 5.73 Å². The molecule has 0 unspecified atom stereocenters. The molecule has 0 aliphatic rings. The highest BCUT2D eigenvalue weighted by Crippen LogP contribution is 2.13. The highest BCUT2D eigenvalue weighted by Gasteiger charge is 2.14. The average Bonchev–Trinajstić information content (AvgIpc) is 2.35. The number of ether oxygens (including phenoxy) is 1. The lowest BCUT2D eigenvalue weighted by Gasteiger charge is -2.06. The van der Waals surface area contributed by atoms with Crippen LogP contribution in [0.1, 0.15) is 18.9 Å². The summed E-state index contributed by atoms with van der Waals surface area (Å²) in [4.78, 5) is 0.419. The van der Waals surface area contributed by atoms with Crippen molar-refractivity contribution in [3.63, 3.8) is 0 Å². The lowest BCUT2D eigenvalue weighted by molar-refractivity contribution is 0.149. The van der Waals surface area contributed by atoms with E-state index in [1.54, 1.807) is 12.1 Å². The summed E-state index contributed by atoms with van der Waals surface area (Å²) >= 11 is 4.82. The Balaban J connectivity index is 2.78. The van der Waals surface area contributed by atoms with E-state index in [9.17, 15) is 8.42 Å². The average molecular weight is 287 g/mol. The second-order valence-corrected chi connectivity index (χ2v) is 6.37. The normalized spacial score (nSPS) is 11.4. The predicted molar refractivity (Wildman–Crippen MR) is 75.5 cm³/mol. The first-order valence-corrected chi connectivity index (χ1v) is 7.74. The summed E-state index contributed by atoms with van der Waals surface area (Å²) in [5.74, 6) is -0.0339. The standard InChI is InChI=1S/C12H17NO3S2/c1-2-6-16-7-8-18(14,15)11-5-3-4-10(9-11)12(13)17/h3-5,9H,2,6-8H2,1H3,(H2,13,17). The number of rotatable bonds is 7. The van der Waals surface area contributed by atoms with E-state index in [2.05, 4.69) is 0 Å². The Hall–Kier alpha value is -0.980. The molecule has 2 N–H and O–H groups in total. The molecule has 100 valence electrons. The maximum absolute atomic E-state index is 12.0. The van der Waals surface area contributed by atoms with Crippen molar-refractivity contribution in [2.75, 3.05) is 19.0 Å². The van der Waals surface area contributed by atoms with Gasteiger partial charge in [0, 0.05) is 12.2 Å². The summed E-state index contributed by atoms with van der Waals surface area (Å²) in [7, 11) is -3.34. The SMILES string of the molecule is CCCOCCS(=O)(=O)c1cccc(C(N)=S)c1. The fourth-order valence-corrected chi connectivity index (χ4v) is 2.67. The third kappa shape index (κ3) is 4.36. The molecule has 0 amide bonds. The van der Waals surface area contributed by atoms with Gasteiger partial charge in [0.25, 0.3) is 0 Å². The summed E-state index contributed by atoms with van der Waals surface area (Å²) < 4.78 is 29.2. The quantitative estimate of drug-likeness (QED) is 0.608.